The predicted octanol–water partition coefficient (Wildman–Crippen LogP) is 4.03. The van der Waals surface area contributed by atoms with Gasteiger partial charge in [-0.05, 0) is 55.0 Å². The van der Waals surface area contributed by atoms with E-state index >= 15 is 0 Å². The second-order valence-electron chi connectivity index (χ2n) is 6.10. The van der Waals surface area contributed by atoms with Gasteiger partial charge in [-0.1, -0.05) is 24.3 Å². The number of aromatic carboxylic acids is 1. The third-order valence-electron chi connectivity index (χ3n) is 4.20. The Morgan fingerprint density at radius 3 is 2.61 bits per heavy atom. The SMILES string of the molecule is Cc1ccccc1NC(=O)C(C#N)=Cc1cccn1-c1cccc(C(=O)O)c1. The highest BCUT2D eigenvalue weighted by Gasteiger charge is 2.13. The van der Waals surface area contributed by atoms with Crippen molar-refractivity contribution in [1.82, 2.24) is 4.57 Å². The van der Waals surface area contributed by atoms with Crippen LogP contribution in [0.2, 0.25) is 0 Å². The van der Waals surface area contributed by atoms with E-state index < -0.39 is 11.9 Å². The molecule has 0 radical (unpaired) electrons. The molecule has 0 spiro atoms. The Labute approximate surface area is 162 Å². The first-order chi connectivity index (χ1) is 13.5. The van der Waals surface area contributed by atoms with Gasteiger partial charge in [-0.25, -0.2) is 4.79 Å². The van der Waals surface area contributed by atoms with Crippen molar-refractivity contribution in [3.63, 3.8) is 0 Å². The van der Waals surface area contributed by atoms with Crippen molar-refractivity contribution < 1.29 is 14.7 Å². The van der Waals surface area contributed by atoms with Crippen molar-refractivity contribution in [2.75, 3.05) is 5.32 Å². The van der Waals surface area contributed by atoms with E-state index in [1.54, 1.807) is 47.2 Å². The number of nitrogens with one attached hydrogen (secondary N) is 1. The van der Waals surface area contributed by atoms with Crippen molar-refractivity contribution in [1.29, 1.82) is 5.26 Å². The highest BCUT2D eigenvalue weighted by atomic mass is 16.4. The zero-order valence-corrected chi connectivity index (χ0v) is 15.1. The number of hydrogen-bond donors (Lipinski definition) is 2. The molecule has 1 aromatic heterocycles. The molecule has 2 N–H and O–H groups in total. The summed E-state index contributed by atoms with van der Waals surface area (Å²) in [7, 11) is 0. The molecule has 0 bridgehead atoms. The molecule has 0 atom stereocenters. The molecule has 28 heavy (non-hydrogen) atoms. The first-order valence-corrected chi connectivity index (χ1v) is 8.49. The summed E-state index contributed by atoms with van der Waals surface area (Å²) in [5, 5.41) is 21.4. The standard InChI is InChI=1S/C22H17N3O3/c1-15-6-2-3-10-20(15)24-21(26)17(14-23)13-19-9-5-11-25(19)18-8-4-7-16(12-18)22(27)28/h2-13H,1H3,(H,24,26)(H,27,28). The lowest BCUT2D eigenvalue weighted by molar-refractivity contribution is -0.112. The Morgan fingerprint density at radius 1 is 1.11 bits per heavy atom. The Morgan fingerprint density at radius 2 is 1.89 bits per heavy atom. The number of para-hydroxylation sites is 1. The number of benzene rings is 2. The molecular formula is C22H17N3O3. The van der Waals surface area contributed by atoms with Crippen molar-refractivity contribution in [3.05, 3.63) is 89.3 Å². The van der Waals surface area contributed by atoms with Crippen molar-refractivity contribution in [3.8, 4) is 11.8 Å². The molecule has 6 heteroatoms. The summed E-state index contributed by atoms with van der Waals surface area (Å²) < 4.78 is 1.71. The Hall–Kier alpha value is -4.11. The lowest BCUT2D eigenvalue weighted by Crippen LogP contribution is -2.14. The van der Waals surface area contributed by atoms with E-state index in [2.05, 4.69) is 5.32 Å². The number of carbonyl (C=O) groups is 2. The van der Waals surface area contributed by atoms with Crippen molar-refractivity contribution >= 4 is 23.6 Å². The largest absolute Gasteiger partial charge is 0.478 e. The predicted molar refractivity (Wildman–Crippen MR) is 106 cm³/mol. The van der Waals surface area contributed by atoms with Crippen LogP contribution in [0, 0.1) is 18.3 Å². The minimum Gasteiger partial charge on any atom is -0.478 e. The number of nitriles is 1. The van der Waals surface area contributed by atoms with E-state index in [4.69, 9.17) is 0 Å². The van der Waals surface area contributed by atoms with Gasteiger partial charge in [0.15, 0.2) is 0 Å². The number of aromatic nitrogens is 1. The lowest BCUT2D eigenvalue weighted by atomic mass is 10.1. The van der Waals surface area contributed by atoms with E-state index in [0.29, 0.717) is 17.1 Å². The van der Waals surface area contributed by atoms with Crippen molar-refractivity contribution in [2.24, 2.45) is 0 Å². The molecule has 0 aliphatic carbocycles. The van der Waals surface area contributed by atoms with Crippen LogP contribution in [0.1, 0.15) is 21.6 Å². The number of amides is 1. The number of carboxylic acid groups (broad SMARTS) is 1. The number of carbonyl (C=O) groups excluding carboxylic acids is 1. The second kappa shape index (κ2) is 8.06. The number of aryl methyl sites for hydroxylation is 1. The summed E-state index contributed by atoms with van der Waals surface area (Å²) >= 11 is 0. The Balaban J connectivity index is 1.93. The number of carboxylic acids is 1. The zero-order chi connectivity index (χ0) is 20.1. The molecule has 0 saturated heterocycles. The topological polar surface area (TPSA) is 95.1 Å². The highest BCUT2D eigenvalue weighted by Crippen LogP contribution is 2.19. The number of nitrogens with zero attached hydrogens (tertiary/aromatic N) is 2. The minimum atomic E-state index is -1.03. The van der Waals surface area contributed by atoms with Gasteiger partial charge in [0.2, 0.25) is 0 Å². The van der Waals surface area contributed by atoms with Crippen LogP contribution in [0.5, 0.6) is 0 Å². The number of anilines is 1. The van der Waals surface area contributed by atoms with Crippen LogP contribution in [0.4, 0.5) is 5.69 Å². The maximum Gasteiger partial charge on any atom is 0.335 e. The first-order valence-electron chi connectivity index (χ1n) is 8.49. The summed E-state index contributed by atoms with van der Waals surface area (Å²) in [5.74, 6) is -1.54. The molecular weight excluding hydrogens is 354 g/mol. The quantitative estimate of drug-likeness (QED) is 0.523. The van der Waals surface area contributed by atoms with Gasteiger partial charge in [0, 0.05) is 23.3 Å². The lowest BCUT2D eigenvalue weighted by Gasteiger charge is -2.09. The molecule has 2 aromatic carbocycles. The second-order valence-corrected chi connectivity index (χ2v) is 6.10. The van der Waals surface area contributed by atoms with Gasteiger partial charge in [0.1, 0.15) is 11.6 Å². The molecule has 3 aromatic rings. The Kier molecular flexibility index (Phi) is 5.38. The first kappa shape index (κ1) is 18.7. The molecule has 1 amide bonds. The highest BCUT2D eigenvalue weighted by molar-refractivity contribution is 6.09. The average molecular weight is 371 g/mol. The van der Waals surface area contributed by atoms with E-state index in [1.807, 2.05) is 25.1 Å². The smallest absolute Gasteiger partial charge is 0.335 e. The normalized spacial score (nSPS) is 10.9. The van der Waals surface area contributed by atoms with Crippen LogP contribution in [-0.4, -0.2) is 21.6 Å². The monoisotopic (exact) mass is 371 g/mol. The van der Waals surface area contributed by atoms with Gasteiger partial charge in [-0.3, -0.25) is 4.79 Å². The minimum absolute atomic E-state index is 0.0578. The summed E-state index contributed by atoms with van der Waals surface area (Å²) in [4.78, 5) is 23.7. The van der Waals surface area contributed by atoms with Gasteiger partial charge in [-0.2, -0.15) is 5.26 Å². The van der Waals surface area contributed by atoms with Crippen LogP contribution in [0.3, 0.4) is 0 Å². The number of rotatable bonds is 5. The van der Waals surface area contributed by atoms with Gasteiger partial charge in [0.25, 0.3) is 5.91 Å². The maximum atomic E-state index is 12.5. The fourth-order valence-electron chi connectivity index (χ4n) is 2.73. The third-order valence-corrected chi connectivity index (χ3v) is 4.20. The Bertz CT molecular complexity index is 1120. The fourth-order valence-corrected chi connectivity index (χ4v) is 2.73. The average Bonchev–Trinajstić information content (AvgIpc) is 3.16. The summed E-state index contributed by atoms with van der Waals surface area (Å²) in [6.07, 6.45) is 3.21. The van der Waals surface area contributed by atoms with E-state index in [-0.39, 0.29) is 11.1 Å². The van der Waals surface area contributed by atoms with Crippen LogP contribution in [0.15, 0.2) is 72.4 Å². The van der Waals surface area contributed by atoms with Crippen molar-refractivity contribution in [2.45, 2.75) is 6.92 Å². The summed E-state index contributed by atoms with van der Waals surface area (Å²) in [6.45, 7) is 1.87. The van der Waals surface area contributed by atoms with E-state index in [0.717, 1.165) is 5.56 Å². The number of hydrogen-bond acceptors (Lipinski definition) is 3. The van der Waals surface area contributed by atoms with Gasteiger partial charge < -0.3 is 15.0 Å². The van der Waals surface area contributed by atoms with E-state index in [1.165, 1.54) is 18.2 Å². The zero-order valence-electron chi connectivity index (χ0n) is 15.1. The molecule has 0 aliphatic rings. The van der Waals surface area contributed by atoms with Crippen LogP contribution < -0.4 is 5.32 Å². The van der Waals surface area contributed by atoms with Crippen LogP contribution >= 0.6 is 0 Å². The molecule has 0 saturated carbocycles. The molecule has 1 heterocycles. The summed E-state index contributed by atoms with van der Waals surface area (Å²) in [6, 6.07) is 19.2. The molecule has 0 aliphatic heterocycles. The molecule has 3 rings (SSSR count). The van der Waals surface area contributed by atoms with Crippen LogP contribution in [-0.2, 0) is 4.79 Å². The molecule has 0 fully saturated rings. The maximum absolute atomic E-state index is 12.5. The molecule has 6 nitrogen and oxygen atoms in total. The van der Waals surface area contributed by atoms with Crippen LogP contribution in [0.25, 0.3) is 11.8 Å². The summed E-state index contributed by atoms with van der Waals surface area (Å²) in [5.41, 5.74) is 2.82. The van der Waals surface area contributed by atoms with Gasteiger partial charge in [-0.15, -0.1) is 0 Å². The van der Waals surface area contributed by atoms with Gasteiger partial charge in [0.05, 0.1) is 5.56 Å². The van der Waals surface area contributed by atoms with E-state index in [9.17, 15) is 20.0 Å². The third kappa shape index (κ3) is 4.00. The molecule has 138 valence electrons. The fraction of sp³-hybridized carbons (Fsp3) is 0.0455. The molecule has 0 unspecified atom stereocenters. The van der Waals surface area contributed by atoms with Gasteiger partial charge >= 0.3 is 5.97 Å².